The van der Waals surface area contributed by atoms with Gasteiger partial charge in [-0.25, -0.2) is 13.1 Å². The number of hydrogen-bond donors (Lipinski definition) is 2. The molecule has 0 bridgehead atoms. The molecule has 1 unspecified atom stereocenters. The standard InChI is InChI=1S/C15H16N2O3S/c18-13-8-9-16-10-14(13)21(19,20)17-15(12-6-7-12)11-4-2-1-3-5-11/h1-5,8-10,12,15,17H,6-7H2,(H,16,18). The Morgan fingerprint density at radius 1 is 1.14 bits per heavy atom. The minimum atomic E-state index is -3.84. The Hall–Kier alpha value is -1.92. The molecule has 2 N–H and O–H groups in total. The summed E-state index contributed by atoms with van der Waals surface area (Å²) in [4.78, 5) is 14.1. The average molecular weight is 304 g/mol. The van der Waals surface area contributed by atoms with Crippen LogP contribution in [0.25, 0.3) is 0 Å². The fraction of sp³-hybridized carbons (Fsp3) is 0.267. The molecule has 2 aromatic rings. The minimum Gasteiger partial charge on any atom is -0.366 e. The van der Waals surface area contributed by atoms with Crippen LogP contribution in [0.5, 0.6) is 0 Å². The zero-order chi connectivity index (χ0) is 14.9. The highest BCUT2D eigenvalue weighted by molar-refractivity contribution is 7.89. The highest BCUT2D eigenvalue weighted by Gasteiger charge is 2.35. The topological polar surface area (TPSA) is 79.0 Å². The predicted molar refractivity (Wildman–Crippen MR) is 79.3 cm³/mol. The molecule has 3 rings (SSSR count). The number of nitrogens with one attached hydrogen (secondary N) is 2. The average Bonchev–Trinajstić information content (AvgIpc) is 3.31. The third kappa shape index (κ3) is 3.06. The SMILES string of the molecule is O=c1cc[nH]cc1S(=O)(=O)NC(c1ccccc1)C1CC1. The second-order valence-electron chi connectivity index (χ2n) is 5.22. The van der Waals surface area contributed by atoms with Gasteiger partial charge < -0.3 is 4.98 Å². The number of pyridine rings is 1. The van der Waals surface area contributed by atoms with Gasteiger partial charge in [0.1, 0.15) is 4.90 Å². The second-order valence-corrected chi connectivity index (χ2v) is 6.90. The highest BCUT2D eigenvalue weighted by atomic mass is 32.2. The van der Waals surface area contributed by atoms with Crippen LogP contribution in [0.3, 0.4) is 0 Å². The zero-order valence-electron chi connectivity index (χ0n) is 11.3. The van der Waals surface area contributed by atoms with Crippen LogP contribution in [0, 0.1) is 5.92 Å². The lowest BCUT2D eigenvalue weighted by atomic mass is 10.0. The normalized spacial score (nSPS) is 16.6. The molecule has 5 nitrogen and oxygen atoms in total. The summed E-state index contributed by atoms with van der Waals surface area (Å²) >= 11 is 0. The largest absolute Gasteiger partial charge is 0.366 e. The fourth-order valence-electron chi connectivity index (χ4n) is 2.37. The van der Waals surface area contributed by atoms with E-state index in [2.05, 4.69) is 9.71 Å². The number of sulfonamides is 1. The Kier molecular flexibility index (Phi) is 3.65. The third-order valence-electron chi connectivity index (χ3n) is 3.61. The molecule has 6 heteroatoms. The lowest BCUT2D eigenvalue weighted by molar-refractivity contribution is 0.528. The summed E-state index contributed by atoms with van der Waals surface area (Å²) in [6.07, 6.45) is 4.62. The molecule has 0 saturated heterocycles. The van der Waals surface area contributed by atoms with Gasteiger partial charge in [-0.3, -0.25) is 4.79 Å². The van der Waals surface area contributed by atoms with Crippen LogP contribution in [0.2, 0.25) is 0 Å². The summed E-state index contributed by atoms with van der Waals surface area (Å²) in [5, 5.41) is 0. The van der Waals surface area contributed by atoms with Crippen molar-refractivity contribution in [3.8, 4) is 0 Å². The van der Waals surface area contributed by atoms with Crippen molar-refractivity contribution in [1.82, 2.24) is 9.71 Å². The van der Waals surface area contributed by atoms with Crippen LogP contribution >= 0.6 is 0 Å². The van der Waals surface area contributed by atoms with E-state index in [0.29, 0.717) is 5.92 Å². The molecule has 1 atom stereocenters. The van der Waals surface area contributed by atoms with Crippen LogP contribution in [-0.2, 0) is 10.0 Å². The Bertz CT molecular complexity index is 780. The summed E-state index contributed by atoms with van der Waals surface area (Å²) in [6.45, 7) is 0. The van der Waals surface area contributed by atoms with Crippen molar-refractivity contribution in [2.75, 3.05) is 0 Å². The zero-order valence-corrected chi connectivity index (χ0v) is 12.1. The molecular formula is C15H16N2O3S. The molecule has 1 fully saturated rings. The Labute approximate surface area is 123 Å². The van der Waals surface area contributed by atoms with Crippen molar-refractivity contribution in [2.45, 2.75) is 23.8 Å². The first-order chi connectivity index (χ1) is 10.1. The monoisotopic (exact) mass is 304 g/mol. The quantitative estimate of drug-likeness (QED) is 0.884. The number of rotatable bonds is 5. The van der Waals surface area contributed by atoms with E-state index in [1.807, 2.05) is 30.3 Å². The van der Waals surface area contributed by atoms with Crippen molar-refractivity contribution < 1.29 is 8.42 Å². The Morgan fingerprint density at radius 3 is 2.48 bits per heavy atom. The highest BCUT2D eigenvalue weighted by Crippen LogP contribution is 2.41. The van der Waals surface area contributed by atoms with Crippen molar-refractivity contribution in [3.63, 3.8) is 0 Å². The maximum atomic E-state index is 12.4. The fourth-order valence-corrected chi connectivity index (χ4v) is 3.71. The number of hydrogen-bond acceptors (Lipinski definition) is 3. The predicted octanol–water partition coefficient (Wildman–Crippen LogP) is 1.80. The molecule has 1 aliphatic carbocycles. The number of aromatic nitrogens is 1. The second kappa shape index (κ2) is 5.46. The third-order valence-corrected chi connectivity index (χ3v) is 5.07. The van der Waals surface area contributed by atoms with Crippen molar-refractivity contribution in [2.24, 2.45) is 5.92 Å². The number of aromatic amines is 1. The van der Waals surface area contributed by atoms with Crippen LogP contribution in [-0.4, -0.2) is 13.4 Å². The van der Waals surface area contributed by atoms with Gasteiger partial charge in [-0.1, -0.05) is 30.3 Å². The lowest BCUT2D eigenvalue weighted by Gasteiger charge is -2.18. The van der Waals surface area contributed by atoms with E-state index in [1.54, 1.807) is 0 Å². The molecular weight excluding hydrogens is 288 g/mol. The van der Waals surface area contributed by atoms with Crippen LogP contribution in [0.1, 0.15) is 24.4 Å². The Balaban J connectivity index is 1.93. The van der Waals surface area contributed by atoms with Gasteiger partial charge in [-0.2, -0.15) is 0 Å². The molecule has 1 heterocycles. The van der Waals surface area contributed by atoms with Gasteiger partial charge >= 0.3 is 0 Å². The first kappa shape index (κ1) is 14.0. The lowest BCUT2D eigenvalue weighted by Crippen LogP contribution is -2.33. The van der Waals surface area contributed by atoms with E-state index >= 15 is 0 Å². The maximum Gasteiger partial charge on any atom is 0.246 e. The molecule has 1 aromatic carbocycles. The van der Waals surface area contributed by atoms with E-state index in [-0.39, 0.29) is 10.9 Å². The first-order valence-electron chi connectivity index (χ1n) is 6.82. The van der Waals surface area contributed by atoms with E-state index in [0.717, 1.165) is 18.4 Å². The van der Waals surface area contributed by atoms with Crippen LogP contribution in [0.15, 0.2) is 58.5 Å². The minimum absolute atomic E-state index is 0.244. The van der Waals surface area contributed by atoms with Gasteiger partial charge in [0.25, 0.3) is 0 Å². The summed E-state index contributed by atoms with van der Waals surface area (Å²) < 4.78 is 27.6. The molecule has 1 aliphatic rings. The molecule has 0 aliphatic heterocycles. The maximum absolute atomic E-state index is 12.4. The van der Waals surface area contributed by atoms with E-state index < -0.39 is 15.5 Å². The van der Waals surface area contributed by atoms with Crippen molar-refractivity contribution in [1.29, 1.82) is 0 Å². The summed E-state index contributed by atoms with van der Waals surface area (Å²) in [7, 11) is -3.84. The van der Waals surface area contributed by atoms with Crippen LogP contribution in [0.4, 0.5) is 0 Å². The molecule has 110 valence electrons. The number of benzene rings is 1. The summed E-state index contributed by atoms with van der Waals surface area (Å²) in [5.74, 6) is 0.296. The van der Waals surface area contributed by atoms with Crippen LogP contribution < -0.4 is 10.2 Å². The smallest absolute Gasteiger partial charge is 0.246 e. The molecule has 1 saturated carbocycles. The molecule has 0 spiro atoms. The van der Waals surface area contributed by atoms with Gasteiger partial charge in [0, 0.05) is 24.5 Å². The van der Waals surface area contributed by atoms with Gasteiger partial charge in [0.2, 0.25) is 15.5 Å². The van der Waals surface area contributed by atoms with Gasteiger partial charge in [0.05, 0.1) is 0 Å². The molecule has 21 heavy (non-hydrogen) atoms. The molecule has 0 radical (unpaired) electrons. The van der Waals surface area contributed by atoms with Crippen molar-refractivity contribution >= 4 is 10.0 Å². The molecule has 1 aromatic heterocycles. The molecule has 0 amide bonds. The van der Waals surface area contributed by atoms with Crippen molar-refractivity contribution in [3.05, 3.63) is 64.6 Å². The summed E-state index contributed by atoms with van der Waals surface area (Å²) in [6, 6.07) is 10.4. The van der Waals surface area contributed by atoms with Gasteiger partial charge in [-0.15, -0.1) is 0 Å². The summed E-state index contributed by atoms with van der Waals surface area (Å²) in [5.41, 5.74) is 0.416. The van der Waals surface area contributed by atoms with E-state index in [4.69, 9.17) is 0 Å². The van der Waals surface area contributed by atoms with E-state index in [1.165, 1.54) is 18.5 Å². The van der Waals surface area contributed by atoms with E-state index in [9.17, 15) is 13.2 Å². The first-order valence-corrected chi connectivity index (χ1v) is 8.30. The Morgan fingerprint density at radius 2 is 1.86 bits per heavy atom. The van der Waals surface area contributed by atoms with Gasteiger partial charge in [-0.05, 0) is 24.3 Å². The van der Waals surface area contributed by atoms with Gasteiger partial charge in [0.15, 0.2) is 0 Å². The number of H-pyrrole nitrogens is 1.